The largest absolute Gasteiger partial charge is 0.469 e. The molecule has 0 radical (unpaired) electrons. The van der Waals surface area contributed by atoms with Gasteiger partial charge < -0.3 is 10.2 Å². The monoisotopic (exact) mass is 369 g/mol. The number of hydrogen-bond acceptors (Lipinski definition) is 6. The number of furan rings is 1. The maximum atomic E-state index is 13.2. The van der Waals surface area contributed by atoms with E-state index in [1.165, 1.54) is 30.5 Å². The Morgan fingerprint density at radius 2 is 1.92 bits per heavy atom. The summed E-state index contributed by atoms with van der Waals surface area (Å²) in [5.74, 6) is -2.50. The van der Waals surface area contributed by atoms with Gasteiger partial charge in [0, 0.05) is 0 Å². The Kier molecular flexibility index (Phi) is 3.81. The molecule has 2 N–H and O–H groups in total. The molecule has 2 aliphatic rings. The van der Waals surface area contributed by atoms with Gasteiger partial charge in [0.2, 0.25) is 11.8 Å². The van der Waals surface area contributed by atoms with Crippen molar-refractivity contribution in [3.05, 3.63) is 64.8 Å². The topological polar surface area (TPSA) is 100 Å². The summed E-state index contributed by atoms with van der Waals surface area (Å²) in [6.45, 7) is 0. The van der Waals surface area contributed by atoms with Crippen molar-refractivity contribution in [3.8, 4) is 6.07 Å². The van der Waals surface area contributed by atoms with E-state index in [4.69, 9.17) is 10.2 Å². The van der Waals surface area contributed by atoms with E-state index in [1.54, 1.807) is 12.1 Å². The van der Waals surface area contributed by atoms with Crippen LogP contribution in [-0.4, -0.2) is 17.1 Å². The summed E-state index contributed by atoms with van der Waals surface area (Å²) in [5.41, 5.74) is 6.50. The Balaban J connectivity index is 1.82. The Labute approximate surface area is 152 Å². The fourth-order valence-electron chi connectivity index (χ4n) is 3.40. The average molecular weight is 369 g/mol. The Morgan fingerprint density at radius 3 is 2.54 bits per heavy atom. The summed E-state index contributed by atoms with van der Waals surface area (Å²) in [6, 6.07) is 10.5. The number of carbonyl (C=O) groups is 2. The zero-order valence-electron chi connectivity index (χ0n) is 13.3. The summed E-state index contributed by atoms with van der Waals surface area (Å²) in [5, 5.41) is 8.96. The number of allylic oxidation sites excluding steroid dienone is 1. The van der Waals surface area contributed by atoms with Crippen molar-refractivity contribution in [1.29, 1.82) is 5.26 Å². The van der Waals surface area contributed by atoms with Gasteiger partial charge >= 0.3 is 0 Å². The molecular formula is C18H12FN3O3S. The van der Waals surface area contributed by atoms with Crippen molar-refractivity contribution >= 4 is 29.3 Å². The van der Waals surface area contributed by atoms with Gasteiger partial charge in [0.05, 0.1) is 40.5 Å². The van der Waals surface area contributed by atoms with Crippen LogP contribution in [0.5, 0.6) is 0 Å². The molecule has 4 rings (SSSR count). The first-order valence-corrected chi connectivity index (χ1v) is 8.64. The Bertz CT molecular complexity index is 963. The molecule has 3 atom stereocenters. The van der Waals surface area contributed by atoms with Gasteiger partial charge in [-0.05, 0) is 36.4 Å². The van der Waals surface area contributed by atoms with E-state index in [2.05, 4.69) is 0 Å². The van der Waals surface area contributed by atoms with Crippen LogP contribution < -0.4 is 10.6 Å². The first kappa shape index (κ1) is 16.4. The fraction of sp³-hybridized carbons (Fsp3) is 0.167. The lowest BCUT2D eigenvalue weighted by molar-refractivity contribution is -0.122. The lowest BCUT2D eigenvalue weighted by atomic mass is 9.82. The van der Waals surface area contributed by atoms with Crippen LogP contribution >= 0.6 is 11.8 Å². The molecule has 0 bridgehead atoms. The number of thioether (sulfide) groups is 1. The quantitative estimate of drug-likeness (QED) is 0.817. The molecule has 1 fully saturated rings. The number of fused-ring (bicyclic) bond motifs is 1. The van der Waals surface area contributed by atoms with Crippen molar-refractivity contribution in [3.63, 3.8) is 0 Å². The zero-order chi connectivity index (χ0) is 18.4. The first-order chi connectivity index (χ1) is 12.5. The molecule has 130 valence electrons. The summed E-state index contributed by atoms with van der Waals surface area (Å²) in [7, 11) is 0. The third-order valence-corrected chi connectivity index (χ3v) is 5.76. The second-order valence-corrected chi connectivity index (χ2v) is 7.12. The minimum atomic E-state index is -0.814. The summed E-state index contributed by atoms with van der Waals surface area (Å²) in [4.78, 5) is 27.0. The Morgan fingerprint density at radius 1 is 1.19 bits per heavy atom. The highest BCUT2D eigenvalue weighted by Gasteiger charge is 2.56. The number of carbonyl (C=O) groups excluding carboxylic acids is 2. The summed E-state index contributed by atoms with van der Waals surface area (Å²) in [6.07, 6.45) is 1.44. The number of nitriles is 1. The highest BCUT2D eigenvalue weighted by molar-refractivity contribution is 8.04. The molecule has 2 amide bonds. The van der Waals surface area contributed by atoms with Crippen molar-refractivity contribution < 1.29 is 18.4 Å². The fourth-order valence-corrected chi connectivity index (χ4v) is 4.60. The molecule has 6 nitrogen and oxygen atoms in total. The first-order valence-electron chi connectivity index (χ1n) is 7.76. The van der Waals surface area contributed by atoms with Gasteiger partial charge in [0.1, 0.15) is 16.8 Å². The number of anilines is 1. The minimum absolute atomic E-state index is 0.206. The lowest BCUT2D eigenvalue weighted by Gasteiger charge is -2.28. The number of benzene rings is 1. The van der Waals surface area contributed by atoms with Crippen LogP contribution in [0.15, 0.2) is 57.7 Å². The van der Waals surface area contributed by atoms with Crippen LogP contribution in [0.1, 0.15) is 11.7 Å². The number of nitrogens with two attached hydrogens (primary N) is 1. The van der Waals surface area contributed by atoms with Gasteiger partial charge in [0.25, 0.3) is 0 Å². The predicted octanol–water partition coefficient (Wildman–Crippen LogP) is 2.50. The van der Waals surface area contributed by atoms with Gasteiger partial charge in [0.15, 0.2) is 0 Å². The van der Waals surface area contributed by atoms with Crippen LogP contribution in [0.3, 0.4) is 0 Å². The molecular weight excluding hydrogens is 357 g/mol. The van der Waals surface area contributed by atoms with Crippen molar-refractivity contribution in [2.75, 3.05) is 4.90 Å². The van der Waals surface area contributed by atoms with Gasteiger partial charge in [-0.25, -0.2) is 9.29 Å². The number of nitrogens with zero attached hydrogens (tertiary/aromatic N) is 2. The smallest absolute Gasteiger partial charge is 0.248 e. The normalized spacial score (nSPS) is 25.4. The molecule has 0 saturated carbocycles. The van der Waals surface area contributed by atoms with E-state index in [0.29, 0.717) is 5.76 Å². The predicted molar refractivity (Wildman–Crippen MR) is 92.0 cm³/mol. The van der Waals surface area contributed by atoms with Crippen LogP contribution in [0.4, 0.5) is 10.1 Å². The number of imide groups is 1. The molecule has 2 aliphatic heterocycles. The van der Waals surface area contributed by atoms with Gasteiger partial charge in [-0.1, -0.05) is 11.8 Å². The third-order valence-electron chi connectivity index (χ3n) is 4.54. The number of hydrogen-bond donors (Lipinski definition) is 1. The van der Waals surface area contributed by atoms with E-state index in [0.717, 1.165) is 16.7 Å². The van der Waals surface area contributed by atoms with E-state index in [-0.39, 0.29) is 16.3 Å². The number of rotatable bonds is 2. The van der Waals surface area contributed by atoms with E-state index < -0.39 is 34.7 Å². The van der Waals surface area contributed by atoms with E-state index in [1.807, 2.05) is 6.07 Å². The standard InChI is InChI=1S/C18H12FN3O3S/c19-9-3-5-10(6-4-9)22-17(23)14-13(12-2-1-7-25-12)11(8-20)16(21)26-15(14)18(22)24/h1-7,13-15H,21H2/t13-,14-,15+/m1/s1. The van der Waals surface area contributed by atoms with Crippen LogP contribution in [0, 0.1) is 23.1 Å². The highest BCUT2D eigenvalue weighted by atomic mass is 32.2. The van der Waals surface area contributed by atoms with Crippen LogP contribution in [-0.2, 0) is 9.59 Å². The molecule has 1 saturated heterocycles. The summed E-state index contributed by atoms with van der Waals surface area (Å²) < 4.78 is 18.6. The van der Waals surface area contributed by atoms with Gasteiger partial charge in [-0.3, -0.25) is 9.59 Å². The maximum Gasteiger partial charge on any atom is 0.248 e. The number of halogens is 1. The lowest BCUT2D eigenvalue weighted by Crippen LogP contribution is -2.33. The molecule has 1 aromatic carbocycles. The molecule has 3 heterocycles. The van der Waals surface area contributed by atoms with Gasteiger partial charge in [-0.15, -0.1) is 0 Å². The number of amides is 2. The highest BCUT2D eigenvalue weighted by Crippen LogP contribution is 2.50. The molecule has 0 aliphatic carbocycles. The van der Waals surface area contributed by atoms with Crippen molar-refractivity contribution in [1.82, 2.24) is 0 Å². The molecule has 8 heteroatoms. The summed E-state index contributed by atoms with van der Waals surface area (Å²) >= 11 is 1.01. The van der Waals surface area contributed by atoms with Crippen molar-refractivity contribution in [2.45, 2.75) is 11.2 Å². The van der Waals surface area contributed by atoms with E-state index >= 15 is 0 Å². The zero-order valence-corrected chi connectivity index (χ0v) is 14.1. The second kappa shape index (κ2) is 6.04. The molecule has 26 heavy (non-hydrogen) atoms. The molecule has 1 aromatic heterocycles. The Hall–Kier alpha value is -3.05. The molecule has 0 unspecified atom stereocenters. The maximum absolute atomic E-state index is 13.2. The average Bonchev–Trinajstić information content (AvgIpc) is 3.23. The van der Waals surface area contributed by atoms with E-state index in [9.17, 15) is 19.2 Å². The van der Waals surface area contributed by atoms with Gasteiger partial charge in [-0.2, -0.15) is 5.26 Å². The third kappa shape index (κ3) is 2.32. The van der Waals surface area contributed by atoms with Crippen LogP contribution in [0.2, 0.25) is 0 Å². The molecule has 2 aromatic rings. The molecule has 0 spiro atoms. The SMILES string of the molecule is N#CC1=C(N)S[C@@H]2C(=O)N(c3ccc(F)cc3)C(=O)[C@@H]2[C@H]1c1ccco1. The minimum Gasteiger partial charge on any atom is -0.469 e. The van der Waals surface area contributed by atoms with Crippen molar-refractivity contribution in [2.24, 2.45) is 11.7 Å². The second-order valence-electron chi connectivity index (χ2n) is 5.94. The van der Waals surface area contributed by atoms with Crippen LogP contribution in [0.25, 0.3) is 0 Å².